The third-order valence-corrected chi connectivity index (χ3v) is 2.96. The average Bonchev–Trinajstić information content (AvgIpc) is 2.50. The van der Waals surface area contributed by atoms with Gasteiger partial charge in [-0.15, -0.1) is 0 Å². The normalized spacial score (nSPS) is 12.0. The summed E-state index contributed by atoms with van der Waals surface area (Å²) in [7, 11) is 2.59. The van der Waals surface area contributed by atoms with Crippen LogP contribution in [0.1, 0.15) is 12.0 Å². The molecule has 0 aromatic heterocycles. The first-order valence-corrected chi connectivity index (χ1v) is 6.64. The molecule has 6 nitrogen and oxygen atoms in total. The van der Waals surface area contributed by atoms with E-state index < -0.39 is 17.9 Å². The number of methoxy groups -OCH3 is 1. The lowest BCUT2D eigenvalue weighted by molar-refractivity contribution is -0.144. The topological polar surface area (TPSA) is 77.0 Å². The zero-order chi connectivity index (χ0) is 15.7. The lowest BCUT2D eigenvalue weighted by atomic mass is 10.1. The highest BCUT2D eigenvalue weighted by Gasteiger charge is 2.20. The molecule has 0 bridgehead atoms. The van der Waals surface area contributed by atoms with Gasteiger partial charge < -0.3 is 14.9 Å². The number of rotatable bonds is 7. The van der Waals surface area contributed by atoms with Crippen molar-refractivity contribution in [3.63, 3.8) is 0 Å². The number of ether oxygens (including phenoxy) is 1. The first-order valence-electron chi connectivity index (χ1n) is 6.26. The molecule has 0 saturated heterocycles. The number of hydrogen-bond acceptors (Lipinski definition) is 5. The number of oxime groups is 1. The molecule has 1 N–H and O–H groups in total. The van der Waals surface area contributed by atoms with Gasteiger partial charge in [0, 0.05) is 5.02 Å². The molecule has 7 heteroatoms. The Bertz CT molecular complexity index is 502. The number of esters is 1. The molecule has 1 atom stereocenters. The summed E-state index contributed by atoms with van der Waals surface area (Å²) in [5.41, 5.74) is 1.01. The molecule has 1 rings (SSSR count). The van der Waals surface area contributed by atoms with Crippen LogP contribution < -0.4 is 5.32 Å². The van der Waals surface area contributed by atoms with Gasteiger partial charge in [-0.05, 0) is 30.5 Å². The molecule has 0 heterocycles. The van der Waals surface area contributed by atoms with Crippen molar-refractivity contribution >= 4 is 29.7 Å². The highest BCUT2D eigenvalue weighted by Crippen LogP contribution is 2.12. The lowest BCUT2D eigenvalue weighted by Gasteiger charge is -2.15. The van der Waals surface area contributed by atoms with Gasteiger partial charge in [-0.2, -0.15) is 0 Å². The standard InChI is InChI=1S/C14H17ClN2O4/c1-20-14(19)12(17-13(18)9-16-21-2)8-5-10-3-6-11(15)7-4-10/h3-4,6-7,9,12H,5,8H2,1-2H3,(H,17,18)/b16-9+/t12-/m0/s1. The van der Waals surface area contributed by atoms with Crippen LogP contribution in [0.4, 0.5) is 0 Å². The van der Waals surface area contributed by atoms with Crippen molar-refractivity contribution in [2.75, 3.05) is 14.2 Å². The smallest absolute Gasteiger partial charge is 0.328 e. The van der Waals surface area contributed by atoms with Crippen molar-refractivity contribution < 1.29 is 19.2 Å². The van der Waals surface area contributed by atoms with Crippen molar-refractivity contribution in [2.24, 2.45) is 5.16 Å². The molecule has 0 spiro atoms. The van der Waals surface area contributed by atoms with Crippen molar-refractivity contribution in [1.29, 1.82) is 0 Å². The average molecular weight is 313 g/mol. The summed E-state index contributed by atoms with van der Waals surface area (Å²) in [4.78, 5) is 27.6. The van der Waals surface area contributed by atoms with Crippen LogP contribution in [-0.2, 0) is 25.6 Å². The summed E-state index contributed by atoms with van der Waals surface area (Å²) < 4.78 is 4.67. The number of benzene rings is 1. The predicted octanol–water partition coefficient (Wildman–Crippen LogP) is 1.56. The third kappa shape index (κ3) is 6.27. The van der Waals surface area contributed by atoms with Crippen LogP contribution in [0, 0.1) is 0 Å². The van der Waals surface area contributed by atoms with E-state index in [0.29, 0.717) is 17.9 Å². The molecule has 0 aliphatic heterocycles. The number of aryl methyl sites for hydroxylation is 1. The Hall–Kier alpha value is -2.08. The van der Waals surface area contributed by atoms with Crippen molar-refractivity contribution in [1.82, 2.24) is 5.32 Å². The number of halogens is 1. The zero-order valence-corrected chi connectivity index (χ0v) is 12.6. The summed E-state index contributed by atoms with van der Waals surface area (Å²) in [5.74, 6) is -1.04. The molecule has 0 fully saturated rings. The SMILES string of the molecule is CO/N=C/C(=O)N[C@@H](CCc1ccc(Cl)cc1)C(=O)OC. The van der Waals surface area contributed by atoms with Crippen LogP contribution in [0.25, 0.3) is 0 Å². The number of carbonyl (C=O) groups is 2. The van der Waals surface area contributed by atoms with Gasteiger partial charge in [0.1, 0.15) is 19.4 Å². The fourth-order valence-electron chi connectivity index (χ4n) is 1.66. The van der Waals surface area contributed by atoms with E-state index in [1.165, 1.54) is 14.2 Å². The molecule has 0 unspecified atom stereocenters. The lowest BCUT2D eigenvalue weighted by Crippen LogP contribution is -2.42. The summed E-state index contributed by atoms with van der Waals surface area (Å²) in [5, 5.41) is 6.50. The fourth-order valence-corrected chi connectivity index (χ4v) is 1.79. The monoisotopic (exact) mass is 312 g/mol. The van der Waals surface area contributed by atoms with Gasteiger partial charge in [0.25, 0.3) is 5.91 Å². The maximum Gasteiger partial charge on any atom is 0.328 e. The van der Waals surface area contributed by atoms with Crippen LogP contribution in [0.2, 0.25) is 5.02 Å². The van der Waals surface area contributed by atoms with Crippen LogP contribution >= 0.6 is 11.6 Å². The molecular weight excluding hydrogens is 296 g/mol. The van der Waals surface area contributed by atoms with E-state index in [4.69, 9.17) is 11.6 Å². The second kappa shape index (κ2) is 8.97. The van der Waals surface area contributed by atoms with Gasteiger partial charge in [0.15, 0.2) is 0 Å². The highest BCUT2D eigenvalue weighted by atomic mass is 35.5. The fraction of sp³-hybridized carbons (Fsp3) is 0.357. The van der Waals surface area contributed by atoms with Crippen LogP contribution in [0.3, 0.4) is 0 Å². The van der Waals surface area contributed by atoms with Gasteiger partial charge in [0.2, 0.25) is 0 Å². The van der Waals surface area contributed by atoms with Crippen LogP contribution in [0.15, 0.2) is 29.4 Å². The minimum atomic E-state index is -0.749. The van der Waals surface area contributed by atoms with E-state index in [2.05, 4.69) is 20.0 Å². The number of nitrogens with one attached hydrogen (secondary N) is 1. The van der Waals surface area contributed by atoms with E-state index in [9.17, 15) is 9.59 Å². The highest BCUT2D eigenvalue weighted by molar-refractivity contribution is 6.30. The maximum atomic E-state index is 11.7. The molecule has 0 aliphatic rings. The molecule has 0 saturated carbocycles. The van der Waals surface area contributed by atoms with Gasteiger partial charge >= 0.3 is 5.97 Å². The number of carbonyl (C=O) groups excluding carboxylic acids is 2. The van der Waals surface area contributed by atoms with Crippen molar-refractivity contribution in [3.05, 3.63) is 34.9 Å². The number of hydrogen-bond donors (Lipinski definition) is 1. The van der Waals surface area contributed by atoms with Gasteiger partial charge in [-0.25, -0.2) is 4.79 Å². The second-order valence-corrected chi connectivity index (χ2v) is 4.60. The number of amides is 1. The molecule has 1 aromatic rings. The molecular formula is C14H17ClN2O4. The van der Waals surface area contributed by atoms with Crippen molar-refractivity contribution in [2.45, 2.75) is 18.9 Å². The predicted molar refractivity (Wildman–Crippen MR) is 79.2 cm³/mol. The van der Waals surface area contributed by atoms with Crippen LogP contribution in [-0.4, -0.2) is 38.4 Å². The van der Waals surface area contributed by atoms with E-state index in [1.807, 2.05) is 12.1 Å². The Labute approximate surface area is 128 Å². The zero-order valence-electron chi connectivity index (χ0n) is 11.8. The Morgan fingerprint density at radius 2 is 2.00 bits per heavy atom. The molecule has 114 valence electrons. The van der Waals surface area contributed by atoms with Gasteiger partial charge in [-0.1, -0.05) is 28.9 Å². The second-order valence-electron chi connectivity index (χ2n) is 4.17. The van der Waals surface area contributed by atoms with Gasteiger partial charge in [0.05, 0.1) is 7.11 Å². The van der Waals surface area contributed by atoms with E-state index in [1.54, 1.807) is 12.1 Å². The van der Waals surface area contributed by atoms with Gasteiger partial charge in [-0.3, -0.25) is 4.79 Å². The summed E-state index contributed by atoms with van der Waals surface area (Å²) in [6.45, 7) is 0. The Kier molecular flexibility index (Phi) is 7.25. The summed E-state index contributed by atoms with van der Waals surface area (Å²) >= 11 is 5.81. The van der Waals surface area contributed by atoms with Crippen molar-refractivity contribution in [3.8, 4) is 0 Å². The Morgan fingerprint density at radius 3 is 2.57 bits per heavy atom. The molecule has 1 aromatic carbocycles. The largest absolute Gasteiger partial charge is 0.467 e. The number of nitrogens with zero attached hydrogens (tertiary/aromatic N) is 1. The summed E-state index contributed by atoms with van der Waals surface area (Å²) in [6, 6.07) is 6.53. The maximum absolute atomic E-state index is 11.7. The quantitative estimate of drug-likeness (QED) is 0.471. The minimum absolute atomic E-state index is 0.404. The molecule has 0 aliphatic carbocycles. The molecule has 21 heavy (non-hydrogen) atoms. The van der Waals surface area contributed by atoms with Crippen LogP contribution in [0.5, 0.6) is 0 Å². The summed E-state index contributed by atoms with van der Waals surface area (Å²) in [6.07, 6.45) is 1.96. The van der Waals surface area contributed by atoms with E-state index >= 15 is 0 Å². The first kappa shape index (κ1) is 17.0. The minimum Gasteiger partial charge on any atom is -0.467 e. The van der Waals surface area contributed by atoms with E-state index in [-0.39, 0.29) is 0 Å². The molecule has 1 amide bonds. The Balaban J connectivity index is 2.61. The van der Waals surface area contributed by atoms with E-state index in [0.717, 1.165) is 11.8 Å². The first-order chi connectivity index (χ1) is 10.1. The Morgan fingerprint density at radius 1 is 1.33 bits per heavy atom. The third-order valence-electron chi connectivity index (χ3n) is 2.71. The molecule has 0 radical (unpaired) electrons.